The average molecular weight is 367 g/mol. The number of hydrogen-bond donors (Lipinski definition) is 2. The lowest BCUT2D eigenvalue weighted by Gasteiger charge is -2.39. The molecule has 1 aliphatic rings. The predicted molar refractivity (Wildman–Crippen MR) is 102 cm³/mol. The van der Waals surface area contributed by atoms with Crippen molar-refractivity contribution in [2.45, 2.75) is 53.1 Å². The molecule has 2 rings (SSSR count). The van der Waals surface area contributed by atoms with Gasteiger partial charge in [0, 0.05) is 32.2 Å². The topological polar surface area (TPSA) is 87.8 Å². The van der Waals surface area contributed by atoms with Gasteiger partial charge < -0.3 is 19.9 Å². The molecule has 148 valence electrons. The van der Waals surface area contributed by atoms with E-state index >= 15 is 0 Å². The van der Waals surface area contributed by atoms with Crippen LogP contribution in [0.4, 0.5) is 0 Å². The molecule has 1 unspecified atom stereocenters. The van der Waals surface area contributed by atoms with Gasteiger partial charge in [-0.15, -0.1) is 0 Å². The fourth-order valence-corrected chi connectivity index (χ4v) is 3.43. The molecule has 1 aromatic rings. The Balaban J connectivity index is 1.99. The molecule has 1 atom stereocenters. The van der Waals surface area contributed by atoms with Crippen molar-refractivity contribution in [3.05, 3.63) is 11.7 Å². The van der Waals surface area contributed by atoms with Gasteiger partial charge in [-0.3, -0.25) is 4.90 Å². The number of morpholine rings is 1. The highest BCUT2D eigenvalue weighted by Gasteiger charge is 2.27. The molecule has 1 aromatic heterocycles. The largest absolute Gasteiger partial charge is 0.379 e. The summed E-state index contributed by atoms with van der Waals surface area (Å²) in [6.07, 6.45) is 2.35. The highest BCUT2D eigenvalue weighted by molar-refractivity contribution is 5.79. The fourth-order valence-electron chi connectivity index (χ4n) is 3.43. The Morgan fingerprint density at radius 1 is 1.19 bits per heavy atom. The van der Waals surface area contributed by atoms with Gasteiger partial charge >= 0.3 is 0 Å². The standard InChI is InChI=1S/C18H34N6O2/c1-5-15(6-2)16(24-8-10-25-11-9-24)12-20-18(19-7-3)21-13-17-22-14(4)23-26-17/h15-16H,5-13H2,1-4H3,(H2,19,20,21). The number of nitrogens with zero attached hydrogens (tertiary/aromatic N) is 4. The van der Waals surface area contributed by atoms with E-state index in [0.717, 1.165) is 45.4 Å². The number of aliphatic imine (C=N–C) groups is 1. The molecular formula is C18H34N6O2. The lowest BCUT2D eigenvalue weighted by molar-refractivity contribution is 0.00272. The lowest BCUT2D eigenvalue weighted by Crippen LogP contribution is -2.53. The number of hydrogen-bond acceptors (Lipinski definition) is 6. The highest BCUT2D eigenvalue weighted by Crippen LogP contribution is 2.19. The van der Waals surface area contributed by atoms with Gasteiger partial charge in [0.1, 0.15) is 6.54 Å². The van der Waals surface area contributed by atoms with Crippen molar-refractivity contribution >= 4 is 5.96 Å². The van der Waals surface area contributed by atoms with E-state index < -0.39 is 0 Å². The third-order valence-electron chi connectivity index (χ3n) is 4.87. The summed E-state index contributed by atoms with van der Waals surface area (Å²) >= 11 is 0. The van der Waals surface area contributed by atoms with Gasteiger partial charge in [0.05, 0.1) is 13.2 Å². The van der Waals surface area contributed by atoms with E-state index in [9.17, 15) is 0 Å². The first-order valence-electron chi connectivity index (χ1n) is 9.81. The van der Waals surface area contributed by atoms with Gasteiger partial charge in [-0.1, -0.05) is 31.8 Å². The van der Waals surface area contributed by atoms with Gasteiger partial charge in [0.25, 0.3) is 0 Å². The van der Waals surface area contributed by atoms with Crippen LogP contribution < -0.4 is 10.6 Å². The second kappa shape index (κ2) is 11.1. The van der Waals surface area contributed by atoms with Crippen LogP contribution in [0.3, 0.4) is 0 Å². The van der Waals surface area contributed by atoms with Crippen LogP contribution in [0.2, 0.25) is 0 Å². The van der Waals surface area contributed by atoms with Crippen molar-refractivity contribution in [3.8, 4) is 0 Å². The zero-order chi connectivity index (χ0) is 18.8. The second-order valence-corrected chi connectivity index (χ2v) is 6.60. The molecule has 0 aliphatic carbocycles. The summed E-state index contributed by atoms with van der Waals surface area (Å²) in [4.78, 5) is 11.3. The van der Waals surface area contributed by atoms with Gasteiger partial charge in [-0.25, -0.2) is 4.99 Å². The van der Waals surface area contributed by atoms with Crippen molar-refractivity contribution in [2.75, 3.05) is 39.4 Å². The number of aromatic nitrogens is 2. The number of guanidine groups is 1. The molecule has 1 aliphatic heterocycles. The first kappa shape index (κ1) is 20.6. The molecule has 0 radical (unpaired) electrons. The predicted octanol–water partition coefficient (Wildman–Crippen LogP) is 1.57. The van der Waals surface area contributed by atoms with Crippen LogP contribution in [0, 0.1) is 12.8 Å². The molecule has 0 spiro atoms. The van der Waals surface area contributed by atoms with Crippen LogP contribution in [0.25, 0.3) is 0 Å². The second-order valence-electron chi connectivity index (χ2n) is 6.60. The van der Waals surface area contributed by atoms with E-state index in [4.69, 9.17) is 9.26 Å². The summed E-state index contributed by atoms with van der Waals surface area (Å²) in [7, 11) is 0. The van der Waals surface area contributed by atoms with Gasteiger partial charge in [0.2, 0.25) is 5.89 Å². The number of aryl methyl sites for hydroxylation is 1. The third kappa shape index (κ3) is 6.25. The van der Waals surface area contributed by atoms with Crippen molar-refractivity contribution in [1.29, 1.82) is 0 Å². The van der Waals surface area contributed by atoms with Gasteiger partial charge in [0.15, 0.2) is 11.8 Å². The molecule has 0 amide bonds. The Labute approximate surface area is 156 Å². The van der Waals surface area contributed by atoms with E-state index in [0.29, 0.717) is 30.2 Å². The number of ether oxygens (including phenoxy) is 1. The molecule has 0 aromatic carbocycles. The van der Waals surface area contributed by atoms with Crippen molar-refractivity contribution in [3.63, 3.8) is 0 Å². The monoisotopic (exact) mass is 366 g/mol. The molecular weight excluding hydrogens is 332 g/mol. The third-order valence-corrected chi connectivity index (χ3v) is 4.87. The smallest absolute Gasteiger partial charge is 0.248 e. The maximum Gasteiger partial charge on any atom is 0.248 e. The molecule has 2 heterocycles. The van der Waals surface area contributed by atoms with E-state index in [1.54, 1.807) is 0 Å². The molecule has 8 nitrogen and oxygen atoms in total. The van der Waals surface area contributed by atoms with Crippen molar-refractivity contribution in [1.82, 2.24) is 25.7 Å². The minimum absolute atomic E-state index is 0.378. The summed E-state index contributed by atoms with van der Waals surface area (Å²) in [5, 5.41) is 10.6. The lowest BCUT2D eigenvalue weighted by atomic mass is 9.92. The maximum absolute atomic E-state index is 5.53. The summed E-state index contributed by atoms with van der Waals surface area (Å²) < 4.78 is 10.7. The van der Waals surface area contributed by atoms with E-state index in [1.165, 1.54) is 12.8 Å². The minimum Gasteiger partial charge on any atom is -0.379 e. The molecule has 0 saturated carbocycles. The van der Waals surface area contributed by atoms with Crippen LogP contribution in [-0.2, 0) is 11.3 Å². The Kier molecular flexibility index (Phi) is 8.84. The van der Waals surface area contributed by atoms with E-state index in [2.05, 4.69) is 51.4 Å². The quantitative estimate of drug-likeness (QED) is 0.507. The number of nitrogens with one attached hydrogen (secondary N) is 2. The molecule has 26 heavy (non-hydrogen) atoms. The highest BCUT2D eigenvalue weighted by atomic mass is 16.5. The SMILES string of the molecule is CCNC(=NCc1nc(C)no1)NCC(C(CC)CC)N1CCOCC1. The zero-order valence-electron chi connectivity index (χ0n) is 16.6. The maximum atomic E-state index is 5.53. The van der Waals surface area contributed by atoms with Crippen LogP contribution >= 0.6 is 0 Å². The van der Waals surface area contributed by atoms with E-state index in [-0.39, 0.29) is 0 Å². The summed E-state index contributed by atoms with van der Waals surface area (Å²) in [6, 6.07) is 0.475. The molecule has 1 saturated heterocycles. The van der Waals surface area contributed by atoms with Crippen molar-refractivity contribution < 1.29 is 9.26 Å². The molecule has 0 bridgehead atoms. The van der Waals surface area contributed by atoms with E-state index in [1.807, 2.05) is 6.92 Å². The summed E-state index contributed by atoms with van der Waals surface area (Å²) in [5.41, 5.74) is 0. The fraction of sp³-hybridized carbons (Fsp3) is 0.833. The molecule has 8 heteroatoms. The van der Waals surface area contributed by atoms with Crippen molar-refractivity contribution in [2.24, 2.45) is 10.9 Å². The normalized spacial score (nSPS) is 17.5. The van der Waals surface area contributed by atoms with Gasteiger partial charge in [-0.2, -0.15) is 4.98 Å². The molecule has 1 fully saturated rings. The Morgan fingerprint density at radius 3 is 2.50 bits per heavy atom. The zero-order valence-corrected chi connectivity index (χ0v) is 16.6. The first-order valence-corrected chi connectivity index (χ1v) is 9.81. The minimum atomic E-state index is 0.378. The average Bonchev–Trinajstić information content (AvgIpc) is 3.09. The Hall–Kier alpha value is -1.67. The first-order chi connectivity index (χ1) is 12.7. The van der Waals surface area contributed by atoms with Crippen LogP contribution in [-0.4, -0.2) is 66.4 Å². The number of rotatable bonds is 9. The summed E-state index contributed by atoms with van der Waals surface area (Å²) in [6.45, 7) is 14.1. The van der Waals surface area contributed by atoms with Gasteiger partial charge in [-0.05, 0) is 19.8 Å². The van der Waals surface area contributed by atoms with Crippen LogP contribution in [0.1, 0.15) is 45.3 Å². The molecule has 2 N–H and O–H groups in total. The summed E-state index contributed by atoms with van der Waals surface area (Å²) in [5.74, 6) is 2.60. The van der Waals surface area contributed by atoms with Crippen LogP contribution in [0.15, 0.2) is 9.52 Å². The Morgan fingerprint density at radius 2 is 1.92 bits per heavy atom. The van der Waals surface area contributed by atoms with Crippen LogP contribution in [0.5, 0.6) is 0 Å². The Bertz CT molecular complexity index is 538.